The Morgan fingerprint density at radius 3 is 2.57 bits per heavy atom. The Morgan fingerprint density at radius 1 is 1.11 bits per heavy atom. The average molecular weight is 450 g/mol. The largest absolute Gasteiger partial charge is 0.497 e. The fourth-order valence-electron chi connectivity index (χ4n) is 3.16. The number of nitrogens with zero attached hydrogens (tertiary/aromatic N) is 2. The summed E-state index contributed by atoms with van der Waals surface area (Å²) < 4.78 is 10.9. The van der Waals surface area contributed by atoms with Crippen molar-refractivity contribution in [1.82, 2.24) is 15.1 Å². The number of carbonyl (C=O) groups excluding carboxylic acids is 2. The van der Waals surface area contributed by atoms with Gasteiger partial charge in [-0.2, -0.15) is 0 Å². The summed E-state index contributed by atoms with van der Waals surface area (Å²) in [4.78, 5) is 28.6. The molecule has 0 bridgehead atoms. The Kier molecular flexibility index (Phi) is 7.11. The SMILES string of the molecule is COc1ccc(CN2CCCN(C(=O)CNC(=O)c3ccc(Br)o3)CC2)cc1. The number of methoxy groups -OCH3 is 1. The van der Waals surface area contributed by atoms with Gasteiger partial charge >= 0.3 is 0 Å². The molecule has 2 amide bonds. The van der Waals surface area contributed by atoms with E-state index in [4.69, 9.17) is 9.15 Å². The highest BCUT2D eigenvalue weighted by atomic mass is 79.9. The third-order valence-electron chi connectivity index (χ3n) is 4.70. The quantitative estimate of drug-likeness (QED) is 0.732. The van der Waals surface area contributed by atoms with Crippen LogP contribution in [0.1, 0.15) is 22.5 Å². The maximum Gasteiger partial charge on any atom is 0.287 e. The van der Waals surface area contributed by atoms with Gasteiger partial charge in [0.25, 0.3) is 5.91 Å². The number of benzene rings is 1. The van der Waals surface area contributed by atoms with Gasteiger partial charge in [-0.1, -0.05) is 12.1 Å². The molecule has 1 saturated heterocycles. The van der Waals surface area contributed by atoms with Crippen molar-refractivity contribution in [3.63, 3.8) is 0 Å². The summed E-state index contributed by atoms with van der Waals surface area (Å²) in [5.41, 5.74) is 1.22. The molecule has 1 fully saturated rings. The summed E-state index contributed by atoms with van der Waals surface area (Å²) in [5, 5.41) is 2.62. The van der Waals surface area contributed by atoms with Gasteiger partial charge < -0.3 is 19.4 Å². The van der Waals surface area contributed by atoms with E-state index in [0.717, 1.165) is 31.8 Å². The molecule has 0 unspecified atom stereocenters. The summed E-state index contributed by atoms with van der Waals surface area (Å²) in [6.45, 7) is 3.89. The lowest BCUT2D eigenvalue weighted by molar-refractivity contribution is -0.130. The molecule has 1 aromatic heterocycles. The van der Waals surface area contributed by atoms with Crippen LogP contribution in [0.5, 0.6) is 5.75 Å². The number of rotatable bonds is 6. The molecule has 3 rings (SSSR count). The van der Waals surface area contributed by atoms with Crippen LogP contribution in [-0.4, -0.2) is 61.4 Å². The number of hydrogen-bond acceptors (Lipinski definition) is 5. The zero-order valence-corrected chi connectivity index (χ0v) is 17.4. The predicted molar refractivity (Wildman–Crippen MR) is 108 cm³/mol. The Balaban J connectivity index is 1.45. The van der Waals surface area contributed by atoms with Crippen LogP contribution in [0.4, 0.5) is 0 Å². The molecule has 0 aliphatic carbocycles. The van der Waals surface area contributed by atoms with Gasteiger partial charge in [0.05, 0.1) is 13.7 Å². The molecule has 0 atom stereocenters. The maximum absolute atomic E-state index is 12.5. The monoisotopic (exact) mass is 449 g/mol. The predicted octanol–water partition coefficient (Wildman–Crippen LogP) is 2.52. The zero-order valence-electron chi connectivity index (χ0n) is 15.8. The van der Waals surface area contributed by atoms with Crippen molar-refractivity contribution in [3.8, 4) is 5.75 Å². The van der Waals surface area contributed by atoms with E-state index in [9.17, 15) is 9.59 Å². The smallest absolute Gasteiger partial charge is 0.287 e. The van der Waals surface area contributed by atoms with Gasteiger partial charge in [-0.15, -0.1) is 0 Å². The van der Waals surface area contributed by atoms with Gasteiger partial charge in [0, 0.05) is 32.7 Å². The van der Waals surface area contributed by atoms with Gasteiger partial charge in [-0.25, -0.2) is 0 Å². The van der Waals surface area contributed by atoms with E-state index in [2.05, 4.69) is 38.3 Å². The van der Waals surface area contributed by atoms with Crippen molar-refractivity contribution in [2.75, 3.05) is 39.8 Å². The molecule has 0 spiro atoms. The van der Waals surface area contributed by atoms with Crippen LogP contribution < -0.4 is 10.1 Å². The van der Waals surface area contributed by atoms with Gasteiger partial charge in [0.1, 0.15) is 5.75 Å². The van der Waals surface area contributed by atoms with Crippen molar-refractivity contribution < 1.29 is 18.7 Å². The lowest BCUT2D eigenvalue weighted by Crippen LogP contribution is -2.41. The molecule has 28 heavy (non-hydrogen) atoms. The number of halogens is 1. The lowest BCUT2D eigenvalue weighted by Gasteiger charge is -2.22. The van der Waals surface area contributed by atoms with Crippen LogP contribution in [-0.2, 0) is 11.3 Å². The second-order valence-corrected chi connectivity index (χ2v) is 7.43. The van der Waals surface area contributed by atoms with Crippen LogP contribution in [0, 0.1) is 0 Å². The third-order valence-corrected chi connectivity index (χ3v) is 5.13. The Labute approximate surface area is 172 Å². The molecule has 7 nitrogen and oxygen atoms in total. The van der Waals surface area contributed by atoms with Crippen LogP contribution in [0.3, 0.4) is 0 Å². The maximum atomic E-state index is 12.5. The van der Waals surface area contributed by atoms with Crippen molar-refractivity contribution >= 4 is 27.7 Å². The highest BCUT2D eigenvalue weighted by molar-refractivity contribution is 9.10. The first-order valence-electron chi connectivity index (χ1n) is 9.22. The van der Waals surface area contributed by atoms with E-state index in [-0.39, 0.29) is 18.2 Å². The first kappa shape index (κ1) is 20.4. The first-order valence-corrected chi connectivity index (χ1v) is 10.0. The summed E-state index contributed by atoms with van der Waals surface area (Å²) in [6, 6.07) is 11.3. The van der Waals surface area contributed by atoms with Gasteiger partial charge in [-0.05, 0) is 52.2 Å². The summed E-state index contributed by atoms with van der Waals surface area (Å²) in [7, 11) is 1.66. The fourth-order valence-corrected chi connectivity index (χ4v) is 3.47. The van der Waals surface area contributed by atoms with Crippen LogP contribution in [0.2, 0.25) is 0 Å². The molecular formula is C20H24BrN3O4. The van der Waals surface area contributed by atoms with E-state index in [1.165, 1.54) is 5.56 Å². The second-order valence-electron chi connectivity index (χ2n) is 6.64. The van der Waals surface area contributed by atoms with Crippen LogP contribution in [0.15, 0.2) is 45.5 Å². The number of carbonyl (C=O) groups is 2. The molecule has 0 saturated carbocycles. The molecule has 8 heteroatoms. The number of ether oxygens (including phenoxy) is 1. The zero-order chi connectivity index (χ0) is 19.9. The molecule has 2 heterocycles. The number of hydrogen-bond donors (Lipinski definition) is 1. The lowest BCUT2D eigenvalue weighted by atomic mass is 10.2. The van der Waals surface area contributed by atoms with Crippen LogP contribution in [0.25, 0.3) is 0 Å². The summed E-state index contributed by atoms with van der Waals surface area (Å²) >= 11 is 3.16. The first-order chi connectivity index (χ1) is 13.5. The minimum absolute atomic E-state index is 0.0321. The van der Waals surface area contributed by atoms with Gasteiger partial charge in [0.2, 0.25) is 5.91 Å². The van der Waals surface area contributed by atoms with Crippen molar-refractivity contribution in [1.29, 1.82) is 0 Å². The number of amides is 2. The Hall–Kier alpha value is -2.32. The second kappa shape index (κ2) is 9.75. The number of nitrogens with one attached hydrogen (secondary N) is 1. The highest BCUT2D eigenvalue weighted by Gasteiger charge is 2.20. The van der Waals surface area contributed by atoms with E-state index in [0.29, 0.717) is 17.8 Å². The fraction of sp³-hybridized carbons (Fsp3) is 0.400. The molecule has 1 aliphatic heterocycles. The highest BCUT2D eigenvalue weighted by Crippen LogP contribution is 2.15. The minimum atomic E-state index is -0.394. The Bertz CT molecular complexity index is 806. The van der Waals surface area contributed by atoms with Crippen molar-refractivity contribution in [2.24, 2.45) is 0 Å². The van der Waals surface area contributed by atoms with E-state index in [1.54, 1.807) is 19.2 Å². The normalized spacial score (nSPS) is 15.1. The molecular weight excluding hydrogens is 426 g/mol. The van der Waals surface area contributed by atoms with E-state index in [1.807, 2.05) is 17.0 Å². The molecule has 1 N–H and O–H groups in total. The molecule has 1 aliphatic rings. The van der Waals surface area contributed by atoms with Gasteiger partial charge in [0.15, 0.2) is 10.4 Å². The van der Waals surface area contributed by atoms with Crippen LogP contribution >= 0.6 is 15.9 Å². The topological polar surface area (TPSA) is 75.0 Å². The molecule has 2 aromatic rings. The van der Waals surface area contributed by atoms with E-state index < -0.39 is 5.91 Å². The molecule has 150 valence electrons. The van der Waals surface area contributed by atoms with Crippen molar-refractivity contribution in [3.05, 3.63) is 52.4 Å². The standard InChI is InChI=1S/C20H24BrN3O4/c1-27-16-5-3-15(4-6-16)14-23-9-2-10-24(12-11-23)19(25)13-22-20(26)17-7-8-18(21)28-17/h3-8H,2,9-14H2,1H3,(H,22,26). The number of furan rings is 1. The Morgan fingerprint density at radius 2 is 1.89 bits per heavy atom. The molecule has 1 aromatic carbocycles. The summed E-state index contributed by atoms with van der Waals surface area (Å²) in [5.74, 6) is 0.557. The molecule has 0 radical (unpaired) electrons. The average Bonchev–Trinajstić information content (AvgIpc) is 3.01. The summed E-state index contributed by atoms with van der Waals surface area (Å²) in [6.07, 6.45) is 0.904. The van der Waals surface area contributed by atoms with Gasteiger partial charge in [-0.3, -0.25) is 14.5 Å². The minimum Gasteiger partial charge on any atom is -0.497 e. The third kappa shape index (κ3) is 5.59. The van der Waals surface area contributed by atoms with Crippen molar-refractivity contribution in [2.45, 2.75) is 13.0 Å². The van der Waals surface area contributed by atoms with E-state index >= 15 is 0 Å².